The summed E-state index contributed by atoms with van der Waals surface area (Å²) in [6.07, 6.45) is 2.63. The van der Waals surface area contributed by atoms with Crippen LogP contribution in [0.2, 0.25) is 0 Å². The molecule has 0 aromatic rings. The number of hydrogen-bond acceptors (Lipinski definition) is 6. The number of aliphatic carboxylic acids is 1. The van der Waals surface area contributed by atoms with Gasteiger partial charge < -0.3 is 20.6 Å². The van der Waals surface area contributed by atoms with E-state index in [0.717, 1.165) is 32.7 Å². The average molecular weight is 335 g/mol. The molecule has 0 spiro atoms. The summed E-state index contributed by atoms with van der Waals surface area (Å²) in [5, 5.41) is 24.2. The number of nitrogens with one attached hydrogen (secondary N) is 2. The van der Waals surface area contributed by atoms with Crippen LogP contribution in [0.1, 0.15) is 12.8 Å². The van der Waals surface area contributed by atoms with Crippen LogP contribution in [0, 0.1) is 17.2 Å². The van der Waals surface area contributed by atoms with Gasteiger partial charge in [0.05, 0.1) is 5.92 Å². The molecule has 0 aliphatic carbocycles. The number of hydrogen-bond donors (Lipinski definition) is 3. The SMILES string of the molecule is N#C/C(=C/N1CCC(C(=O)O)CC1)C(=O)NCCN1CCNCC1. The second-order valence-corrected chi connectivity index (χ2v) is 6.15. The van der Waals surface area contributed by atoms with Crippen molar-refractivity contribution < 1.29 is 14.7 Å². The Morgan fingerprint density at radius 1 is 1.25 bits per heavy atom. The van der Waals surface area contributed by atoms with Crippen LogP contribution in [0.15, 0.2) is 11.8 Å². The smallest absolute Gasteiger partial charge is 0.306 e. The van der Waals surface area contributed by atoms with Crippen molar-refractivity contribution in [1.29, 1.82) is 5.26 Å². The lowest BCUT2D eigenvalue weighted by Gasteiger charge is -2.29. The maximum atomic E-state index is 12.1. The van der Waals surface area contributed by atoms with Gasteiger partial charge in [-0.3, -0.25) is 14.5 Å². The normalized spacial score (nSPS) is 20.5. The molecule has 2 aliphatic rings. The summed E-state index contributed by atoms with van der Waals surface area (Å²) in [6, 6.07) is 1.94. The summed E-state index contributed by atoms with van der Waals surface area (Å²) in [5.74, 6) is -1.47. The van der Waals surface area contributed by atoms with Crippen LogP contribution in [0.3, 0.4) is 0 Å². The quantitative estimate of drug-likeness (QED) is 0.431. The predicted octanol–water partition coefficient (Wildman–Crippen LogP) is -0.788. The topological polar surface area (TPSA) is 109 Å². The average Bonchev–Trinajstić information content (AvgIpc) is 2.60. The fraction of sp³-hybridized carbons (Fsp3) is 0.688. The van der Waals surface area contributed by atoms with Crippen molar-refractivity contribution >= 4 is 11.9 Å². The summed E-state index contributed by atoms with van der Waals surface area (Å²) in [7, 11) is 0. The fourth-order valence-electron chi connectivity index (χ4n) is 2.95. The molecule has 2 fully saturated rings. The predicted molar refractivity (Wildman–Crippen MR) is 87.9 cm³/mol. The number of nitrogens with zero attached hydrogens (tertiary/aromatic N) is 3. The van der Waals surface area contributed by atoms with E-state index < -0.39 is 5.97 Å². The number of carboxylic acid groups (broad SMARTS) is 1. The van der Waals surface area contributed by atoms with Crippen molar-refractivity contribution in [3.8, 4) is 6.07 Å². The van der Waals surface area contributed by atoms with Gasteiger partial charge >= 0.3 is 5.97 Å². The van der Waals surface area contributed by atoms with E-state index in [0.29, 0.717) is 32.5 Å². The molecule has 0 saturated carbocycles. The first-order valence-electron chi connectivity index (χ1n) is 8.40. The highest BCUT2D eigenvalue weighted by atomic mass is 16.4. The van der Waals surface area contributed by atoms with E-state index in [2.05, 4.69) is 15.5 Å². The van der Waals surface area contributed by atoms with E-state index in [1.54, 1.807) is 6.20 Å². The van der Waals surface area contributed by atoms with E-state index in [-0.39, 0.29) is 17.4 Å². The molecule has 2 rings (SSSR count). The van der Waals surface area contributed by atoms with Gasteiger partial charge in [-0.25, -0.2) is 0 Å². The monoisotopic (exact) mass is 335 g/mol. The zero-order valence-electron chi connectivity index (χ0n) is 13.8. The Hall–Kier alpha value is -2.11. The summed E-state index contributed by atoms with van der Waals surface area (Å²) in [6.45, 7) is 6.25. The number of piperidine rings is 1. The van der Waals surface area contributed by atoms with E-state index >= 15 is 0 Å². The van der Waals surface area contributed by atoms with Gasteiger partial charge in [-0.2, -0.15) is 5.26 Å². The van der Waals surface area contributed by atoms with Crippen LogP contribution in [-0.2, 0) is 9.59 Å². The molecule has 3 N–H and O–H groups in total. The fourth-order valence-corrected chi connectivity index (χ4v) is 2.95. The van der Waals surface area contributed by atoms with Crippen LogP contribution >= 0.6 is 0 Å². The lowest BCUT2D eigenvalue weighted by molar-refractivity contribution is -0.143. The van der Waals surface area contributed by atoms with Gasteiger partial charge in [0.1, 0.15) is 11.6 Å². The molecule has 0 aromatic carbocycles. The molecular formula is C16H25N5O3. The standard InChI is InChI=1S/C16H25N5O3/c17-11-14(12-21-6-1-13(2-7-21)16(23)24)15(22)19-5-10-20-8-3-18-4-9-20/h12-13,18H,1-10H2,(H,19,22)(H,23,24)/b14-12-. The number of carboxylic acids is 1. The number of likely N-dealkylation sites (tertiary alicyclic amines) is 1. The molecule has 0 bridgehead atoms. The van der Waals surface area contributed by atoms with Crippen molar-refractivity contribution in [2.45, 2.75) is 12.8 Å². The van der Waals surface area contributed by atoms with Crippen molar-refractivity contribution in [3.63, 3.8) is 0 Å². The molecule has 2 saturated heterocycles. The molecule has 132 valence electrons. The highest BCUT2D eigenvalue weighted by molar-refractivity contribution is 5.97. The van der Waals surface area contributed by atoms with Crippen molar-refractivity contribution in [2.75, 3.05) is 52.4 Å². The minimum atomic E-state index is -0.773. The largest absolute Gasteiger partial charge is 0.481 e. The molecule has 8 nitrogen and oxygen atoms in total. The molecule has 2 heterocycles. The van der Waals surface area contributed by atoms with Gasteiger partial charge in [-0.05, 0) is 12.8 Å². The minimum Gasteiger partial charge on any atom is -0.481 e. The molecule has 0 radical (unpaired) electrons. The Morgan fingerprint density at radius 2 is 1.92 bits per heavy atom. The third-order valence-corrected chi connectivity index (χ3v) is 4.48. The molecule has 0 atom stereocenters. The number of carbonyl (C=O) groups excluding carboxylic acids is 1. The van der Waals surface area contributed by atoms with E-state index in [1.807, 2.05) is 11.0 Å². The van der Waals surface area contributed by atoms with Crippen molar-refractivity contribution in [3.05, 3.63) is 11.8 Å². The molecule has 2 aliphatic heterocycles. The highest BCUT2D eigenvalue weighted by Crippen LogP contribution is 2.18. The molecule has 8 heteroatoms. The lowest BCUT2D eigenvalue weighted by atomic mass is 9.97. The minimum absolute atomic E-state index is 0.0732. The first-order valence-corrected chi connectivity index (χ1v) is 8.40. The number of piperazine rings is 1. The number of carbonyl (C=O) groups is 2. The molecular weight excluding hydrogens is 310 g/mol. The zero-order chi connectivity index (χ0) is 17.4. The van der Waals surface area contributed by atoms with Crippen LogP contribution in [0.5, 0.6) is 0 Å². The molecule has 0 unspecified atom stereocenters. The Labute approximate surface area is 142 Å². The van der Waals surface area contributed by atoms with Gasteiger partial charge in [-0.1, -0.05) is 0 Å². The maximum Gasteiger partial charge on any atom is 0.306 e. The van der Waals surface area contributed by atoms with Gasteiger partial charge in [0.25, 0.3) is 5.91 Å². The zero-order valence-corrected chi connectivity index (χ0v) is 13.8. The number of nitriles is 1. The Bertz CT molecular complexity index is 514. The van der Waals surface area contributed by atoms with E-state index in [9.17, 15) is 14.9 Å². The highest BCUT2D eigenvalue weighted by Gasteiger charge is 2.24. The summed E-state index contributed by atoms with van der Waals surface area (Å²) in [4.78, 5) is 27.2. The Kier molecular flexibility index (Phi) is 7.03. The third-order valence-electron chi connectivity index (χ3n) is 4.48. The summed E-state index contributed by atoms with van der Waals surface area (Å²) >= 11 is 0. The Balaban J connectivity index is 1.76. The first-order chi connectivity index (χ1) is 11.6. The van der Waals surface area contributed by atoms with Crippen LogP contribution in [0.4, 0.5) is 0 Å². The molecule has 0 aromatic heterocycles. The van der Waals surface area contributed by atoms with Crippen LogP contribution < -0.4 is 10.6 Å². The molecule has 24 heavy (non-hydrogen) atoms. The van der Waals surface area contributed by atoms with Gasteiger partial charge in [-0.15, -0.1) is 0 Å². The van der Waals surface area contributed by atoms with Crippen LogP contribution in [-0.4, -0.2) is 79.1 Å². The second-order valence-electron chi connectivity index (χ2n) is 6.15. The summed E-state index contributed by atoms with van der Waals surface area (Å²) in [5.41, 5.74) is 0.0732. The van der Waals surface area contributed by atoms with Crippen LogP contribution in [0.25, 0.3) is 0 Å². The Morgan fingerprint density at radius 3 is 2.50 bits per heavy atom. The third kappa shape index (κ3) is 5.51. The maximum absolute atomic E-state index is 12.1. The van der Waals surface area contributed by atoms with Crippen molar-refractivity contribution in [1.82, 2.24) is 20.4 Å². The lowest BCUT2D eigenvalue weighted by Crippen LogP contribution is -2.46. The summed E-state index contributed by atoms with van der Waals surface area (Å²) < 4.78 is 0. The van der Waals surface area contributed by atoms with E-state index in [1.165, 1.54) is 0 Å². The van der Waals surface area contributed by atoms with Gasteiger partial charge in [0.2, 0.25) is 0 Å². The second kappa shape index (κ2) is 9.25. The molecule has 1 amide bonds. The number of rotatable bonds is 6. The van der Waals surface area contributed by atoms with Crippen molar-refractivity contribution in [2.24, 2.45) is 5.92 Å². The van der Waals surface area contributed by atoms with Gasteiger partial charge in [0, 0.05) is 58.6 Å². The first kappa shape index (κ1) is 18.2. The van der Waals surface area contributed by atoms with Gasteiger partial charge in [0.15, 0.2) is 0 Å². The van der Waals surface area contributed by atoms with E-state index in [4.69, 9.17) is 5.11 Å². The number of amides is 1.